The Hall–Kier alpha value is -4.28. The van der Waals surface area contributed by atoms with E-state index in [1.165, 1.54) is 17.0 Å². The smallest absolute Gasteiger partial charge is 0.482 e. The number of para-hydroxylation sites is 1. The van der Waals surface area contributed by atoms with E-state index in [1.54, 1.807) is 30.3 Å². The molecule has 0 unspecified atom stereocenters. The zero-order valence-corrected chi connectivity index (χ0v) is 18.5. The van der Waals surface area contributed by atoms with Gasteiger partial charge in [-0.3, -0.25) is 0 Å². The summed E-state index contributed by atoms with van der Waals surface area (Å²) in [6.45, 7) is -0.730. The number of fused-ring (bicyclic) bond motifs is 1. The molecule has 0 fully saturated rings. The van der Waals surface area contributed by atoms with Crippen LogP contribution in [0.25, 0.3) is 11.1 Å². The van der Waals surface area contributed by atoms with Crippen molar-refractivity contribution in [2.75, 3.05) is 13.2 Å². The Bertz CT molecular complexity index is 1280. The Labute approximate surface area is 202 Å². The van der Waals surface area contributed by atoms with Crippen molar-refractivity contribution in [3.05, 3.63) is 77.6 Å². The number of carbonyl (C=O) groups is 2. The summed E-state index contributed by atoms with van der Waals surface area (Å²) < 4.78 is 68.6. The minimum Gasteiger partial charge on any atom is -0.482 e. The van der Waals surface area contributed by atoms with Gasteiger partial charge in [0.05, 0.1) is 6.54 Å². The normalized spacial score (nSPS) is 13.1. The van der Waals surface area contributed by atoms with Gasteiger partial charge in [-0.2, -0.15) is 0 Å². The lowest BCUT2D eigenvalue weighted by atomic mass is 9.90. The summed E-state index contributed by atoms with van der Waals surface area (Å²) in [7, 11) is 0. The fraction of sp³-hybridized carbons (Fsp3) is 0.200. The molecular weight excluding hydrogens is 486 g/mol. The van der Waals surface area contributed by atoms with E-state index in [-0.39, 0.29) is 47.5 Å². The first-order chi connectivity index (χ1) is 17.1. The van der Waals surface area contributed by atoms with Crippen LogP contribution in [0.2, 0.25) is 0 Å². The molecule has 3 aromatic carbocycles. The topological polar surface area (TPSA) is 85.3 Å². The number of carbonyl (C=O) groups excluding carboxylic acids is 1. The fourth-order valence-electron chi connectivity index (χ4n) is 3.86. The van der Waals surface area contributed by atoms with E-state index >= 15 is 0 Å². The van der Waals surface area contributed by atoms with Crippen LogP contribution in [-0.2, 0) is 17.8 Å². The molecule has 188 valence electrons. The van der Waals surface area contributed by atoms with Gasteiger partial charge in [0.15, 0.2) is 6.61 Å². The maximum absolute atomic E-state index is 14.7. The molecule has 0 atom stereocenters. The molecule has 11 heteroatoms. The van der Waals surface area contributed by atoms with E-state index in [0.717, 1.165) is 18.2 Å². The Morgan fingerprint density at radius 1 is 0.944 bits per heavy atom. The monoisotopic (exact) mass is 505 g/mol. The van der Waals surface area contributed by atoms with Crippen LogP contribution in [0.1, 0.15) is 11.1 Å². The number of rotatable bonds is 6. The van der Waals surface area contributed by atoms with Gasteiger partial charge in [-0.25, -0.2) is 14.0 Å². The number of carboxylic acid groups (broad SMARTS) is 1. The summed E-state index contributed by atoms with van der Waals surface area (Å²) in [6.07, 6.45) is -5.62. The quantitative estimate of drug-likeness (QED) is 0.451. The molecule has 1 amide bonds. The van der Waals surface area contributed by atoms with Crippen LogP contribution in [0.15, 0.2) is 60.7 Å². The van der Waals surface area contributed by atoms with Crippen LogP contribution in [0.3, 0.4) is 0 Å². The minimum absolute atomic E-state index is 0.0313. The highest BCUT2D eigenvalue weighted by Crippen LogP contribution is 2.41. The van der Waals surface area contributed by atoms with E-state index in [0.29, 0.717) is 5.75 Å². The Balaban J connectivity index is 1.72. The highest BCUT2D eigenvalue weighted by Gasteiger charge is 2.34. The summed E-state index contributed by atoms with van der Waals surface area (Å²) in [5.41, 5.74) is 0.577. The number of amides is 1. The highest BCUT2D eigenvalue weighted by atomic mass is 19.4. The number of benzene rings is 3. The predicted octanol–water partition coefficient (Wildman–Crippen LogP) is 5.41. The number of alkyl halides is 3. The van der Waals surface area contributed by atoms with Gasteiger partial charge < -0.3 is 24.2 Å². The molecule has 0 saturated carbocycles. The molecule has 0 aromatic heterocycles. The third-order valence-electron chi connectivity index (χ3n) is 5.39. The summed E-state index contributed by atoms with van der Waals surface area (Å²) in [5, 5.41) is 8.85. The van der Waals surface area contributed by atoms with Gasteiger partial charge in [0.25, 0.3) is 0 Å². The van der Waals surface area contributed by atoms with E-state index in [2.05, 4.69) is 4.74 Å². The third-order valence-corrected chi connectivity index (χ3v) is 5.39. The number of hydrogen-bond donors (Lipinski definition) is 1. The Kier molecular flexibility index (Phi) is 7.00. The van der Waals surface area contributed by atoms with Gasteiger partial charge in [0, 0.05) is 12.1 Å². The lowest BCUT2D eigenvalue weighted by molar-refractivity contribution is -0.274. The minimum atomic E-state index is -5.02. The first-order valence-corrected chi connectivity index (χ1v) is 10.7. The van der Waals surface area contributed by atoms with E-state index < -0.39 is 36.6 Å². The van der Waals surface area contributed by atoms with Gasteiger partial charge in [-0.15, -0.1) is 13.2 Å². The number of aliphatic carboxylic acids is 1. The molecule has 1 aliphatic heterocycles. The fourth-order valence-corrected chi connectivity index (χ4v) is 3.86. The van der Waals surface area contributed by atoms with Gasteiger partial charge in [0.2, 0.25) is 0 Å². The van der Waals surface area contributed by atoms with Gasteiger partial charge >= 0.3 is 18.4 Å². The van der Waals surface area contributed by atoms with Crippen molar-refractivity contribution in [2.45, 2.75) is 19.3 Å². The van der Waals surface area contributed by atoms with Crippen LogP contribution in [0, 0.1) is 5.82 Å². The molecule has 0 radical (unpaired) electrons. The van der Waals surface area contributed by atoms with Crippen molar-refractivity contribution >= 4 is 12.1 Å². The molecular formula is C25H19F4NO6. The van der Waals surface area contributed by atoms with Gasteiger partial charge in [-0.1, -0.05) is 24.3 Å². The van der Waals surface area contributed by atoms with Gasteiger partial charge in [0.1, 0.15) is 23.1 Å². The maximum Gasteiger partial charge on any atom is 0.573 e. The lowest BCUT2D eigenvalue weighted by Crippen LogP contribution is -2.38. The summed E-state index contributed by atoms with van der Waals surface area (Å²) in [6, 6.07) is 14.0. The molecule has 1 N–H and O–H groups in total. The Morgan fingerprint density at radius 3 is 2.39 bits per heavy atom. The lowest BCUT2D eigenvalue weighted by Gasteiger charge is -2.30. The molecule has 4 rings (SSSR count). The summed E-state index contributed by atoms with van der Waals surface area (Å²) in [5.74, 6) is -2.17. The maximum atomic E-state index is 14.7. The second-order valence-corrected chi connectivity index (χ2v) is 7.79. The van der Waals surface area contributed by atoms with E-state index in [9.17, 15) is 27.2 Å². The number of carboxylic acids is 1. The molecule has 0 saturated heterocycles. The van der Waals surface area contributed by atoms with Crippen LogP contribution in [-0.4, -0.2) is 41.6 Å². The number of hydrogen-bond acceptors (Lipinski definition) is 5. The second kappa shape index (κ2) is 10.1. The predicted molar refractivity (Wildman–Crippen MR) is 118 cm³/mol. The summed E-state index contributed by atoms with van der Waals surface area (Å²) in [4.78, 5) is 24.9. The number of ether oxygens (including phenoxy) is 3. The molecule has 7 nitrogen and oxygen atoms in total. The van der Waals surface area contributed by atoms with E-state index in [1.807, 2.05) is 0 Å². The van der Waals surface area contributed by atoms with Crippen LogP contribution < -0.4 is 14.2 Å². The molecule has 0 spiro atoms. The molecule has 1 heterocycles. The second-order valence-electron chi connectivity index (χ2n) is 7.79. The van der Waals surface area contributed by atoms with E-state index in [4.69, 9.17) is 14.6 Å². The molecule has 0 aliphatic carbocycles. The van der Waals surface area contributed by atoms with Crippen molar-refractivity contribution in [3.8, 4) is 28.4 Å². The molecule has 0 bridgehead atoms. The van der Waals surface area contributed by atoms with Crippen LogP contribution >= 0.6 is 0 Å². The Morgan fingerprint density at radius 2 is 1.69 bits per heavy atom. The zero-order chi connectivity index (χ0) is 25.9. The zero-order valence-electron chi connectivity index (χ0n) is 18.5. The van der Waals surface area contributed by atoms with Crippen molar-refractivity contribution in [2.24, 2.45) is 0 Å². The first-order valence-electron chi connectivity index (χ1n) is 10.7. The SMILES string of the molecule is O=C(O)COc1ccc(OC(F)(F)F)c(-c2ccc(F)c3c2CN(C(=O)Oc2ccccc2)CC3)c1. The third kappa shape index (κ3) is 5.85. The number of halogens is 4. The first kappa shape index (κ1) is 24.8. The van der Waals surface area contributed by atoms with Gasteiger partial charge in [-0.05, 0) is 59.5 Å². The highest BCUT2D eigenvalue weighted by molar-refractivity contribution is 5.78. The largest absolute Gasteiger partial charge is 0.573 e. The average Bonchev–Trinajstić information content (AvgIpc) is 2.83. The molecule has 36 heavy (non-hydrogen) atoms. The number of nitrogens with zero attached hydrogens (tertiary/aromatic N) is 1. The standard InChI is InChI=1S/C25H19F4NO6/c26-21-8-7-17(19-12-16(34-14-23(31)32)6-9-22(19)36-25(27,28)29)20-13-30(11-10-18(20)21)24(33)35-15-4-2-1-3-5-15/h1-9,12H,10-11,13-14H2,(H,31,32). The van der Waals surface area contributed by atoms with Crippen molar-refractivity contribution in [1.29, 1.82) is 0 Å². The van der Waals surface area contributed by atoms with Crippen molar-refractivity contribution < 1.29 is 46.5 Å². The molecule has 3 aromatic rings. The van der Waals surface area contributed by atoms with Crippen molar-refractivity contribution in [3.63, 3.8) is 0 Å². The molecule has 1 aliphatic rings. The van der Waals surface area contributed by atoms with Crippen LogP contribution in [0.4, 0.5) is 22.4 Å². The summed E-state index contributed by atoms with van der Waals surface area (Å²) >= 11 is 0. The average molecular weight is 505 g/mol. The van der Waals surface area contributed by atoms with Crippen LogP contribution in [0.5, 0.6) is 17.2 Å². The van der Waals surface area contributed by atoms with Crippen molar-refractivity contribution in [1.82, 2.24) is 4.90 Å².